The fourth-order valence-electron chi connectivity index (χ4n) is 1.52. The van der Waals surface area contributed by atoms with Crippen LogP contribution in [0.5, 0.6) is 5.75 Å². The molecule has 0 bridgehead atoms. The molecule has 4 heteroatoms. The molecule has 1 atom stereocenters. The average molecular weight is 209 g/mol. The van der Waals surface area contributed by atoms with Gasteiger partial charge in [0.2, 0.25) is 0 Å². The number of rotatable bonds is 4. The quantitative estimate of drug-likeness (QED) is 0.803. The lowest BCUT2D eigenvalue weighted by Gasteiger charge is -2.09. The molecule has 1 aromatic rings. The van der Waals surface area contributed by atoms with Crippen molar-refractivity contribution in [1.29, 1.82) is 0 Å². The lowest BCUT2D eigenvalue weighted by atomic mass is 10.1. The molecular weight excluding hydrogens is 194 g/mol. The van der Waals surface area contributed by atoms with Crippen LogP contribution >= 0.6 is 0 Å². The Morgan fingerprint density at radius 3 is 3.07 bits per heavy atom. The highest BCUT2D eigenvalue weighted by Gasteiger charge is 2.16. The summed E-state index contributed by atoms with van der Waals surface area (Å²) in [4.78, 5) is 4.04. The van der Waals surface area contributed by atoms with Crippen LogP contribution in [-0.4, -0.2) is 29.9 Å². The Bertz CT molecular complexity index is 293. The molecule has 0 aliphatic carbocycles. The molecule has 1 aromatic heterocycles. The van der Waals surface area contributed by atoms with Gasteiger partial charge in [-0.1, -0.05) is 0 Å². The van der Waals surface area contributed by atoms with Crippen LogP contribution in [-0.2, 0) is 11.3 Å². The van der Waals surface area contributed by atoms with Crippen molar-refractivity contribution in [3.63, 3.8) is 0 Å². The first-order valence-electron chi connectivity index (χ1n) is 5.15. The summed E-state index contributed by atoms with van der Waals surface area (Å²) in [6.07, 6.45) is 2.71. The van der Waals surface area contributed by atoms with Crippen molar-refractivity contribution < 1.29 is 14.6 Å². The Morgan fingerprint density at radius 1 is 1.53 bits per heavy atom. The lowest BCUT2D eigenvalue weighted by molar-refractivity contribution is 0.167. The normalized spacial score (nSPS) is 20.5. The number of hydrogen-bond donors (Lipinski definition) is 1. The summed E-state index contributed by atoms with van der Waals surface area (Å²) in [6.45, 7) is 2.29. The molecule has 0 saturated carbocycles. The second-order valence-electron chi connectivity index (χ2n) is 3.68. The fraction of sp³-hybridized carbons (Fsp3) is 0.545. The van der Waals surface area contributed by atoms with E-state index in [1.54, 1.807) is 12.3 Å². The zero-order chi connectivity index (χ0) is 10.5. The van der Waals surface area contributed by atoms with Crippen LogP contribution in [0.3, 0.4) is 0 Å². The molecule has 0 radical (unpaired) electrons. The summed E-state index contributed by atoms with van der Waals surface area (Å²) in [5.74, 6) is 1.25. The van der Waals surface area contributed by atoms with Crippen LogP contribution in [0.1, 0.15) is 12.1 Å². The van der Waals surface area contributed by atoms with E-state index in [-0.39, 0.29) is 6.61 Å². The highest BCUT2D eigenvalue weighted by atomic mass is 16.5. The van der Waals surface area contributed by atoms with E-state index in [0.717, 1.165) is 25.4 Å². The third-order valence-electron chi connectivity index (χ3n) is 2.47. The third kappa shape index (κ3) is 2.91. The Labute approximate surface area is 88.9 Å². The van der Waals surface area contributed by atoms with Crippen molar-refractivity contribution in [3.05, 3.63) is 24.0 Å². The highest BCUT2D eigenvalue weighted by molar-refractivity contribution is 5.19. The molecule has 2 heterocycles. The molecule has 2 rings (SSSR count). The third-order valence-corrected chi connectivity index (χ3v) is 2.47. The number of aliphatic hydroxyl groups excluding tert-OH is 1. The van der Waals surface area contributed by atoms with Crippen molar-refractivity contribution in [3.8, 4) is 5.75 Å². The van der Waals surface area contributed by atoms with E-state index < -0.39 is 0 Å². The molecule has 82 valence electrons. The van der Waals surface area contributed by atoms with E-state index in [4.69, 9.17) is 14.6 Å². The van der Waals surface area contributed by atoms with Gasteiger partial charge in [-0.15, -0.1) is 0 Å². The molecule has 1 fully saturated rings. The standard InChI is InChI=1S/C11H15NO3/c13-6-10-1-2-11(5-12-10)15-8-9-3-4-14-7-9/h1-2,5,9,13H,3-4,6-8H2. The van der Waals surface area contributed by atoms with Gasteiger partial charge in [-0.25, -0.2) is 0 Å². The lowest BCUT2D eigenvalue weighted by Crippen LogP contribution is -2.11. The van der Waals surface area contributed by atoms with Gasteiger partial charge < -0.3 is 14.6 Å². The first-order chi connectivity index (χ1) is 7.38. The average Bonchev–Trinajstić information content (AvgIpc) is 2.80. The van der Waals surface area contributed by atoms with Crippen molar-refractivity contribution >= 4 is 0 Å². The molecule has 1 saturated heterocycles. The van der Waals surface area contributed by atoms with Crippen molar-refractivity contribution in [1.82, 2.24) is 4.98 Å². The van der Waals surface area contributed by atoms with E-state index in [0.29, 0.717) is 18.2 Å². The SMILES string of the molecule is OCc1ccc(OCC2CCOC2)cn1. The van der Waals surface area contributed by atoms with Gasteiger partial charge in [0.1, 0.15) is 5.75 Å². The predicted octanol–water partition coefficient (Wildman–Crippen LogP) is 0.989. The van der Waals surface area contributed by atoms with Gasteiger partial charge in [0.15, 0.2) is 0 Å². The van der Waals surface area contributed by atoms with E-state index in [9.17, 15) is 0 Å². The fourth-order valence-corrected chi connectivity index (χ4v) is 1.52. The monoisotopic (exact) mass is 209 g/mol. The van der Waals surface area contributed by atoms with Gasteiger partial charge >= 0.3 is 0 Å². The summed E-state index contributed by atoms with van der Waals surface area (Å²) >= 11 is 0. The minimum absolute atomic E-state index is 0.0310. The summed E-state index contributed by atoms with van der Waals surface area (Å²) in [5, 5.41) is 8.81. The molecule has 0 spiro atoms. The van der Waals surface area contributed by atoms with E-state index in [1.165, 1.54) is 0 Å². The van der Waals surface area contributed by atoms with Crippen LogP contribution in [0.25, 0.3) is 0 Å². The highest BCUT2D eigenvalue weighted by Crippen LogP contribution is 2.15. The maximum absolute atomic E-state index is 8.81. The van der Waals surface area contributed by atoms with E-state index in [1.807, 2.05) is 6.07 Å². The van der Waals surface area contributed by atoms with Crippen LogP contribution in [0.2, 0.25) is 0 Å². The summed E-state index contributed by atoms with van der Waals surface area (Å²) in [5.41, 5.74) is 0.659. The van der Waals surface area contributed by atoms with Gasteiger partial charge in [-0.2, -0.15) is 0 Å². The molecule has 4 nitrogen and oxygen atoms in total. The number of nitrogens with zero attached hydrogens (tertiary/aromatic N) is 1. The Balaban J connectivity index is 1.82. The topological polar surface area (TPSA) is 51.6 Å². The Hall–Kier alpha value is -1.13. The van der Waals surface area contributed by atoms with Crippen LogP contribution in [0, 0.1) is 5.92 Å². The first-order valence-corrected chi connectivity index (χ1v) is 5.15. The number of aliphatic hydroxyl groups is 1. The minimum Gasteiger partial charge on any atom is -0.492 e. The Kier molecular flexibility index (Phi) is 3.53. The number of aromatic nitrogens is 1. The van der Waals surface area contributed by atoms with E-state index >= 15 is 0 Å². The summed E-state index contributed by atoms with van der Waals surface area (Å²) in [7, 11) is 0. The van der Waals surface area contributed by atoms with E-state index in [2.05, 4.69) is 4.98 Å². The maximum atomic E-state index is 8.81. The van der Waals surface area contributed by atoms with Gasteiger partial charge in [0.25, 0.3) is 0 Å². The second-order valence-corrected chi connectivity index (χ2v) is 3.68. The molecular formula is C11H15NO3. The number of ether oxygens (including phenoxy) is 2. The van der Waals surface area contributed by atoms with Crippen LogP contribution in [0.15, 0.2) is 18.3 Å². The smallest absolute Gasteiger partial charge is 0.137 e. The molecule has 1 aliphatic rings. The van der Waals surface area contributed by atoms with Crippen molar-refractivity contribution in [2.24, 2.45) is 5.92 Å². The second kappa shape index (κ2) is 5.09. The van der Waals surface area contributed by atoms with Gasteiger partial charge in [0.05, 0.1) is 31.7 Å². The van der Waals surface area contributed by atoms with Crippen molar-refractivity contribution in [2.75, 3.05) is 19.8 Å². The molecule has 1 N–H and O–H groups in total. The summed E-state index contributed by atoms with van der Waals surface area (Å²) < 4.78 is 10.8. The minimum atomic E-state index is -0.0310. The summed E-state index contributed by atoms with van der Waals surface area (Å²) in [6, 6.07) is 3.59. The molecule has 0 aromatic carbocycles. The molecule has 1 unspecified atom stereocenters. The zero-order valence-electron chi connectivity index (χ0n) is 8.56. The zero-order valence-corrected chi connectivity index (χ0v) is 8.56. The molecule has 0 amide bonds. The van der Waals surface area contributed by atoms with Gasteiger partial charge in [-0.3, -0.25) is 4.98 Å². The van der Waals surface area contributed by atoms with Crippen LogP contribution in [0.4, 0.5) is 0 Å². The van der Waals surface area contributed by atoms with Crippen LogP contribution < -0.4 is 4.74 Å². The first kappa shape index (κ1) is 10.4. The Morgan fingerprint density at radius 2 is 2.47 bits per heavy atom. The molecule has 15 heavy (non-hydrogen) atoms. The maximum Gasteiger partial charge on any atom is 0.137 e. The van der Waals surface area contributed by atoms with Crippen molar-refractivity contribution in [2.45, 2.75) is 13.0 Å². The number of pyridine rings is 1. The van der Waals surface area contributed by atoms with Gasteiger partial charge in [0, 0.05) is 12.5 Å². The molecule has 1 aliphatic heterocycles. The largest absolute Gasteiger partial charge is 0.492 e. The number of hydrogen-bond acceptors (Lipinski definition) is 4. The predicted molar refractivity (Wildman–Crippen MR) is 54.6 cm³/mol. The van der Waals surface area contributed by atoms with Gasteiger partial charge in [-0.05, 0) is 18.6 Å².